The van der Waals surface area contributed by atoms with Gasteiger partial charge in [0.25, 0.3) is 0 Å². The Kier molecular flexibility index (Phi) is 4.01. The molecule has 0 saturated carbocycles. The van der Waals surface area contributed by atoms with Crippen LogP contribution in [-0.2, 0) is 6.18 Å². The van der Waals surface area contributed by atoms with Gasteiger partial charge in [0.2, 0.25) is 0 Å². The smallest absolute Gasteiger partial charge is 0.323 e. The quantitative estimate of drug-likeness (QED) is 0.781. The number of rotatable bonds is 1. The van der Waals surface area contributed by atoms with Crippen molar-refractivity contribution in [1.29, 1.82) is 0 Å². The number of nitrogens with zero attached hydrogens (tertiary/aromatic N) is 3. The fourth-order valence-corrected chi connectivity index (χ4v) is 3.02. The van der Waals surface area contributed by atoms with Gasteiger partial charge < -0.3 is 4.90 Å². The van der Waals surface area contributed by atoms with Crippen LogP contribution in [0, 0.1) is 6.92 Å². The summed E-state index contributed by atoms with van der Waals surface area (Å²) >= 11 is 1.33. The van der Waals surface area contributed by atoms with E-state index in [0.717, 1.165) is 23.4 Å². The molecule has 1 aromatic carbocycles. The average molecular weight is 341 g/mol. The van der Waals surface area contributed by atoms with Gasteiger partial charge in [0.15, 0.2) is 4.80 Å². The van der Waals surface area contributed by atoms with Crippen molar-refractivity contribution in [2.24, 2.45) is 4.99 Å². The van der Waals surface area contributed by atoms with Crippen LogP contribution in [0.25, 0.3) is 5.69 Å². The van der Waals surface area contributed by atoms with Gasteiger partial charge in [-0.05, 0) is 37.6 Å². The Bertz CT molecular complexity index is 786. The first-order valence-electron chi connectivity index (χ1n) is 7.05. The van der Waals surface area contributed by atoms with Crippen molar-refractivity contribution in [3.8, 4) is 5.69 Å². The zero-order chi connectivity index (χ0) is 16.6. The number of alkyl halides is 3. The summed E-state index contributed by atoms with van der Waals surface area (Å²) in [4.78, 5) is 19.1. The molecule has 2 amide bonds. The zero-order valence-electron chi connectivity index (χ0n) is 12.3. The molecule has 1 aliphatic heterocycles. The molecule has 0 unspecified atom stereocenters. The fourth-order valence-electron chi connectivity index (χ4n) is 2.19. The standard InChI is InChI=1S/C15H14F3N3OS/c1-10-9-21(12-5-3-11(4-6-12)15(16,17)18)14(23-10)19-13(22)20-7-2-8-20/h3-6,9H,2,7-8H2,1H3/b19-14-. The van der Waals surface area contributed by atoms with E-state index in [9.17, 15) is 18.0 Å². The summed E-state index contributed by atoms with van der Waals surface area (Å²) in [7, 11) is 0. The number of aryl methyl sites for hydroxylation is 1. The first-order chi connectivity index (χ1) is 10.8. The van der Waals surface area contributed by atoms with E-state index in [-0.39, 0.29) is 6.03 Å². The second-order valence-corrected chi connectivity index (χ2v) is 6.49. The number of thiazole rings is 1. The van der Waals surface area contributed by atoms with Gasteiger partial charge in [0.05, 0.1) is 5.56 Å². The van der Waals surface area contributed by atoms with Crippen molar-refractivity contribution in [2.45, 2.75) is 19.5 Å². The first-order valence-corrected chi connectivity index (χ1v) is 7.86. The van der Waals surface area contributed by atoms with Crippen molar-refractivity contribution in [3.63, 3.8) is 0 Å². The van der Waals surface area contributed by atoms with Gasteiger partial charge in [0.1, 0.15) is 0 Å². The SMILES string of the molecule is Cc1cn(-c2ccc(C(F)(F)F)cc2)/c(=N/C(=O)N2CCC2)s1. The topological polar surface area (TPSA) is 37.6 Å². The second kappa shape index (κ2) is 5.84. The molecule has 23 heavy (non-hydrogen) atoms. The summed E-state index contributed by atoms with van der Waals surface area (Å²) in [5.41, 5.74) is -0.165. The third kappa shape index (κ3) is 3.31. The van der Waals surface area contributed by atoms with Crippen LogP contribution in [0.1, 0.15) is 16.9 Å². The normalized spacial score (nSPS) is 15.7. The Balaban J connectivity index is 1.97. The third-order valence-corrected chi connectivity index (χ3v) is 4.46. The highest BCUT2D eigenvalue weighted by Crippen LogP contribution is 2.29. The second-order valence-electron chi connectivity index (χ2n) is 5.27. The van der Waals surface area contributed by atoms with Gasteiger partial charge in [-0.15, -0.1) is 11.3 Å². The lowest BCUT2D eigenvalue weighted by molar-refractivity contribution is -0.137. The van der Waals surface area contributed by atoms with E-state index in [1.165, 1.54) is 23.5 Å². The van der Waals surface area contributed by atoms with E-state index in [1.807, 2.05) is 6.92 Å². The molecular formula is C15H14F3N3OS. The van der Waals surface area contributed by atoms with Crippen LogP contribution < -0.4 is 4.80 Å². The van der Waals surface area contributed by atoms with Crippen LogP contribution >= 0.6 is 11.3 Å². The molecule has 4 nitrogen and oxygen atoms in total. The van der Waals surface area contributed by atoms with Crippen molar-refractivity contribution in [3.05, 3.63) is 45.7 Å². The average Bonchev–Trinajstić information content (AvgIpc) is 2.76. The van der Waals surface area contributed by atoms with Crippen molar-refractivity contribution in [1.82, 2.24) is 9.47 Å². The fraction of sp³-hybridized carbons (Fsp3) is 0.333. The summed E-state index contributed by atoms with van der Waals surface area (Å²) in [5.74, 6) is 0. The van der Waals surface area contributed by atoms with Gasteiger partial charge >= 0.3 is 12.2 Å². The number of likely N-dealkylation sites (tertiary alicyclic amines) is 1. The minimum atomic E-state index is -4.37. The van der Waals surface area contributed by atoms with Crippen LogP contribution in [0.5, 0.6) is 0 Å². The van der Waals surface area contributed by atoms with E-state index >= 15 is 0 Å². The molecule has 1 saturated heterocycles. The molecule has 1 aromatic heterocycles. The number of urea groups is 1. The minimum Gasteiger partial charge on any atom is -0.323 e. The van der Waals surface area contributed by atoms with E-state index in [2.05, 4.69) is 4.99 Å². The van der Waals surface area contributed by atoms with Crippen LogP contribution in [0.4, 0.5) is 18.0 Å². The largest absolute Gasteiger partial charge is 0.416 e. The van der Waals surface area contributed by atoms with E-state index in [1.54, 1.807) is 15.7 Å². The van der Waals surface area contributed by atoms with Crippen LogP contribution in [-0.4, -0.2) is 28.6 Å². The van der Waals surface area contributed by atoms with Gasteiger partial charge in [-0.2, -0.15) is 18.2 Å². The molecule has 1 fully saturated rings. The molecule has 0 bridgehead atoms. The molecule has 1 aliphatic rings. The van der Waals surface area contributed by atoms with Crippen molar-refractivity contribution >= 4 is 17.4 Å². The predicted octanol–water partition coefficient (Wildman–Crippen LogP) is 3.59. The lowest BCUT2D eigenvalue weighted by Crippen LogP contribution is -2.41. The number of aromatic nitrogens is 1. The number of amides is 2. The van der Waals surface area contributed by atoms with Crippen LogP contribution in [0.2, 0.25) is 0 Å². The molecule has 0 spiro atoms. The summed E-state index contributed by atoms with van der Waals surface area (Å²) < 4.78 is 39.6. The molecule has 0 N–H and O–H groups in total. The van der Waals surface area contributed by atoms with E-state index in [0.29, 0.717) is 23.6 Å². The molecular weight excluding hydrogens is 327 g/mol. The number of hydrogen-bond donors (Lipinski definition) is 0. The Morgan fingerprint density at radius 2 is 1.87 bits per heavy atom. The van der Waals surface area contributed by atoms with Gasteiger partial charge in [-0.1, -0.05) is 0 Å². The van der Waals surface area contributed by atoms with Crippen LogP contribution in [0.15, 0.2) is 35.5 Å². The van der Waals surface area contributed by atoms with Crippen molar-refractivity contribution in [2.75, 3.05) is 13.1 Å². The molecule has 8 heteroatoms. The summed E-state index contributed by atoms with van der Waals surface area (Å²) in [5, 5.41) is 0. The first kappa shape index (κ1) is 15.8. The molecule has 2 aromatic rings. The minimum absolute atomic E-state index is 0.307. The number of carbonyl (C=O) groups excluding carboxylic acids is 1. The maximum absolute atomic E-state index is 12.6. The Labute approximate surface area is 134 Å². The Morgan fingerprint density at radius 1 is 1.22 bits per heavy atom. The number of hydrogen-bond acceptors (Lipinski definition) is 2. The number of benzene rings is 1. The molecule has 3 rings (SSSR count). The number of halogens is 3. The number of carbonyl (C=O) groups is 1. The zero-order valence-corrected chi connectivity index (χ0v) is 13.1. The molecule has 0 atom stereocenters. The maximum Gasteiger partial charge on any atom is 0.416 e. The van der Waals surface area contributed by atoms with E-state index in [4.69, 9.17) is 0 Å². The van der Waals surface area contributed by atoms with Gasteiger partial charge in [-0.25, -0.2) is 4.79 Å². The molecule has 122 valence electrons. The molecule has 0 radical (unpaired) electrons. The lowest BCUT2D eigenvalue weighted by Gasteiger charge is -2.28. The third-order valence-electron chi connectivity index (χ3n) is 3.56. The highest BCUT2D eigenvalue weighted by atomic mass is 32.1. The Morgan fingerprint density at radius 3 is 2.39 bits per heavy atom. The highest BCUT2D eigenvalue weighted by molar-refractivity contribution is 7.09. The van der Waals surface area contributed by atoms with E-state index < -0.39 is 11.7 Å². The maximum atomic E-state index is 12.6. The monoisotopic (exact) mass is 341 g/mol. The Hall–Kier alpha value is -2.09. The van der Waals surface area contributed by atoms with Crippen molar-refractivity contribution < 1.29 is 18.0 Å². The lowest BCUT2D eigenvalue weighted by atomic mass is 10.2. The van der Waals surface area contributed by atoms with Gasteiger partial charge in [-0.3, -0.25) is 4.57 Å². The summed E-state index contributed by atoms with van der Waals surface area (Å²) in [6.07, 6.45) is -1.63. The summed E-state index contributed by atoms with van der Waals surface area (Å²) in [6, 6.07) is 4.50. The predicted molar refractivity (Wildman–Crippen MR) is 80.5 cm³/mol. The van der Waals surface area contributed by atoms with Crippen LogP contribution in [0.3, 0.4) is 0 Å². The molecule has 2 heterocycles. The highest BCUT2D eigenvalue weighted by Gasteiger charge is 2.30. The summed E-state index contributed by atoms with van der Waals surface area (Å²) in [6.45, 7) is 3.26. The van der Waals surface area contributed by atoms with Gasteiger partial charge in [0, 0.05) is 29.9 Å². The molecule has 0 aliphatic carbocycles.